The van der Waals surface area contributed by atoms with Gasteiger partial charge in [0.2, 0.25) is 5.88 Å². The smallest absolute Gasteiger partial charge is 0.237 e. The summed E-state index contributed by atoms with van der Waals surface area (Å²) in [6.07, 6.45) is 3.95. The summed E-state index contributed by atoms with van der Waals surface area (Å²) in [7, 11) is 3.56. The van der Waals surface area contributed by atoms with Gasteiger partial charge in [-0.1, -0.05) is 0 Å². The van der Waals surface area contributed by atoms with Crippen molar-refractivity contribution in [3.05, 3.63) is 35.2 Å². The molecule has 0 radical (unpaired) electrons. The van der Waals surface area contributed by atoms with Crippen LogP contribution in [0, 0.1) is 0 Å². The first-order valence-corrected chi connectivity index (χ1v) is 6.83. The van der Waals surface area contributed by atoms with E-state index in [1.165, 1.54) is 0 Å². The van der Waals surface area contributed by atoms with Crippen LogP contribution in [0.15, 0.2) is 23.8 Å². The summed E-state index contributed by atoms with van der Waals surface area (Å²) in [6.45, 7) is 1.42. The molecule has 6 nitrogen and oxygen atoms in total. The summed E-state index contributed by atoms with van der Waals surface area (Å²) in [5, 5.41) is 9.71. The summed E-state index contributed by atoms with van der Waals surface area (Å²) >= 11 is 1.60. The Bertz CT molecular complexity index is 683. The van der Waals surface area contributed by atoms with Gasteiger partial charge in [-0.25, -0.2) is 0 Å². The van der Waals surface area contributed by atoms with E-state index in [0.29, 0.717) is 12.4 Å². The second-order valence-electron chi connectivity index (χ2n) is 4.21. The Hall–Kier alpha value is -1.86. The van der Waals surface area contributed by atoms with Crippen LogP contribution >= 0.6 is 11.3 Å². The molecular weight excluding hydrogens is 262 g/mol. The van der Waals surface area contributed by atoms with E-state index < -0.39 is 0 Å². The zero-order valence-corrected chi connectivity index (χ0v) is 11.6. The Morgan fingerprint density at radius 3 is 3.00 bits per heavy atom. The summed E-state index contributed by atoms with van der Waals surface area (Å²) in [4.78, 5) is 5.37. The largest absolute Gasteiger partial charge is 0.480 e. The second-order valence-corrected chi connectivity index (χ2v) is 5.08. The number of nitrogens with zero attached hydrogens (tertiary/aromatic N) is 4. The lowest BCUT2D eigenvalue weighted by Crippen LogP contribution is -2.15. The number of aromatic nitrogens is 4. The van der Waals surface area contributed by atoms with Crippen molar-refractivity contribution in [2.24, 2.45) is 7.05 Å². The molecule has 0 aliphatic carbocycles. The minimum atomic E-state index is 0.681. The van der Waals surface area contributed by atoms with E-state index in [-0.39, 0.29) is 0 Å². The van der Waals surface area contributed by atoms with Crippen molar-refractivity contribution in [3.63, 3.8) is 0 Å². The Labute approximate surface area is 114 Å². The molecule has 0 saturated heterocycles. The quantitative estimate of drug-likeness (QED) is 0.766. The highest BCUT2D eigenvalue weighted by atomic mass is 32.1. The fourth-order valence-electron chi connectivity index (χ4n) is 2.00. The van der Waals surface area contributed by atoms with Crippen molar-refractivity contribution < 1.29 is 4.74 Å². The molecule has 0 saturated carbocycles. The molecular formula is C12H15N5OS. The standard InChI is InChI=1S/C12H15N5OS/c1-16-4-3-9(15-16)7-13-8-10-11(18-2)14-12-17(10)5-6-19-12/h3-6,13H,7-8H2,1-2H3. The number of ether oxygens (including phenoxy) is 1. The van der Waals surface area contributed by atoms with Crippen LogP contribution in [0.3, 0.4) is 0 Å². The molecule has 100 valence electrons. The molecule has 3 aromatic rings. The molecule has 7 heteroatoms. The molecule has 0 spiro atoms. The van der Waals surface area contributed by atoms with Crippen LogP contribution in [0.25, 0.3) is 4.96 Å². The van der Waals surface area contributed by atoms with Crippen molar-refractivity contribution in [1.82, 2.24) is 24.5 Å². The molecule has 0 atom stereocenters. The molecule has 19 heavy (non-hydrogen) atoms. The lowest BCUT2D eigenvalue weighted by atomic mass is 10.4. The van der Waals surface area contributed by atoms with Gasteiger partial charge >= 0.3 is 0 Å². The lowest BCUT2D eigenvalue weighted by Gasteiger charge is -2.04. The normalized spacial score (nSPS) is 11.3. The predicted octanol–water partition coefficient (Wildman–Crippen LogP) is 1.43. The number of thiazole rings is 1. The third-order valence-electron chi connectivity index (χ3n) is 2.89. The Balaban J connectivity index is 1.72. The van der Waals surface area contributed by atoms with Gasteiger partial charge in [0.25, 0.3) is 0 Å². The van der Waals surface area contributed by atoms with Crippen molar-refractivity contribution >= 4 is 16.3 Å². The van der Waals surface area contributed by atoms with Crippen LogP contribution < -0.4 is 10.1 Å². The minimum absolute atomic E-state index is 0.681. The van der Waals surface area contributed by atoms with E-state index in [1.54, 1.807) is 23.1 Å². The molecule has 1 N–H and O–H groups in total. The minimum Gasteiger partial charge on any atom is -0.480 e. The third kappa shape index (κ3) is 2.34. The monoisotopic (exact) mass is 277 g/mol. The number of nitrogens with one attached hydrogen (secondary N) is 1. The average Bonchev–Trinajstić information content (AvgIpc) is 3.06. The summed E-state index contributed by atoms with van der Waals surface area (Å²) < 4.78 is 9.16. The van der Waals surface area contributed by atoms with Crippen LogP contribution in [0.2, 0.25) is 0 Å². The fourth-order valence-corrected chi connectivity index (χ4v) is 2.73. The molecule has 0 fully saturated rings. The molecule has 3 aromatic heterocycles. The molecule has 0 aliphatic heterocycles. The molecule has 0 aromatic carbocycles. The summed E-state index contributed by atoms with van der Waals surface area (Å²) in [6, 6.07) is 2.00. The molecule has 3 heterocycles. The van der Waals surface area contributed by atoms with Crippen LogP contribution in [0.4, 0.5) is 0 Å². The van der Waals surface area contributed by atoms with E-state index in [0.717, 1.165) is 22.9 Å². The first kappa shape index (κ1) is 12.2. The lowest BCUT2D eigenvalue weighted by molar-refractivity contribution is 0.392. The highest BCUT2D eigenvalue weighted by molar-refractivity contribution is 7.15. The van der Waals surface area contributed by atoms with Gasteiger partial charge in [-0.2, -0.15) is 10.1 Å². The van der Waals surface area contributed by atoms with Gasteiger partial charge in [-0.05, 0) is 6.07 Å². The zero-order valence-electron chi connectivity index (χ0n) is 10.8. The number of hydrogen-bond donors (Lipinski definition) is 1. The first-order valence-electron chi connectivity index (χ1n) is 5.95. The summed E-state index contributed by atoms with van der Waals surface area (Å²) in [5.74, 6) is 0.681. The number of imidazole rings is 1. The van der Waals surface area contributed by atoms with Gasteiger partial charge in [-0.3, -0.25) is 9.08 Å². The topological polar surface area (TPSA) is 56.4 Å². The van der Waals surface area contributed by atoms with E-state index in [9.17, 15) is 0 Å². The van der Waals surface area contributed by atoms with E-state index in [2.05, 4.69) is 19.8 Å². The maximum Gasteiger partial charge on any atom is 0.237 e. The molecule has 0 aliphatic rings. The number of rotatable bonds is 5. The highest BCUT2D eigenvalue weighted by Crippen LogP contribution is 2.22. The average molecular weight is 277 g/mol. The number of fused-ring (bicyclic) bond motifs is 1. The Kier molecular flexibility index (Phi) is 3.22. The fraction of sp³-hybridized carbons (Fsp3) is 0.333. The number of aryl methyl sites for hydroxylation is 1. The van der Waals surface area contributed by atoms with E-state index >= 15 is 0 Å². The number of methoxy groups -OCH3 is 1. The van der Waals surface area contributed by atoms with Gasteiger partial charge in [0, 0.05) is 37.9 Å². The van der Waals surface area contributed by atoms with Crippen molar-refractivity contribution in [2.75, 3.05) is 7.11 Å². The van der Waals surface area contributed by atoms with Gasteiger partial charge in [0.05, 0.1) is 12.8 Å². The summed E-state index contributed by atoms with van der Waals surface area (Å²) in [5.41, 5.74) is 2.06. The highest BCUT2D eigenvalue weighted by Gasteiger charge is 2.13. The Morgan fingerprint density at radius 2 is 2.26 bits per heavy atom. The predicted molar refractivity (Wildman–Crippen MR) is 73.4 cm³/mol. The first-order chi connectivity index (χ1) is 9.28. The van der Waals surface area contributed by atoms with Crippen LogP contribution in [0.1, 0.15) is 11.4 Å². The van der Waals surface area contributed by atoms with Crippen molar-refractivity contribution in [3.8, 4) is 5.88 Å². The van der Waals surface area contributed by atoms with Gasteiger partial charge in [0.15, 0.2) is 4.96 Å². The molecule has 0 amide bonds. The van der Waals surface area contributed by atoms with Crippen LogP contribution in [-0.2, 0) is 20.1 Å². The van der Waals surface area contributed by atoms with Gasteiger partial charge in [-0.15, -0.1) is 11.3 Å². The third-order valence-corrected chi connectivity index (χ3v) is 3.64. The SMILES string of the molecule is COc1nc2sccn2c1CNCc1ccn(C)n1. The van der Waals surface area contributed by atoms with Crippen LogP contribution in [0.5, 0.6) is 5.88 Å². The van der Waals surface area contributed by atoms with Crippen molar-refractivity contribution in [1.29, 1.82) is 0 Å². The molecule has 3 rings (SSSR count). The van der Waals surface area contributed by atoms with Crippen molar-refractivity contribution in [2.45, 2.75) is 13.1 Å². The second kappa shape index (κ2) is 5.02. The maximum absolute atomic E-state index is 5.31. The molecule has 0 unspecified atom stereocenters. The van der Waals surface area contributed by atoms with Gasteiger partial charge in [0.1, 0.15) is 5.69 Å². The van der Waals surface area contributed by atoms with E-state index in [4.69, 9.17) is 4.74 Å². The zero-order chi connectivity index (χ0) is 13.2. The van der Waals surface area contributed by atoms with Crippen LogP contribution in [-0.4, -0.2) is 26.3 Å². The molecule has 0 bridgehead atoms. The Morgan fingerprint density at radius 1 is 1.37 bits per heavy atom. The van der Waals surface area contributed by atoms with E-state index in [1.807, 2.05) is 30.9 Å². The van der Waals surface area contributed by atoms with Gasteiger partial charge < -0.3 is 10.1 Å². The maximum atomic E-state index is 5.31. The number of hydrogen-bond acceptors (Lipinski definition) is 5.